The summed E-state index contributed by atoms with van der Waals surface area (Å²) >= 11 is 0. The minimum Gasteiger partial charge on any atom is -0.491 e. The number of nitrogens with one attached hydrogen (secondary N) is 2. The van der Waals surface area contributed by atoms with Crippen LogP contribution in [0.15, 0.2) is 42.5 Å². The summed E-state index contributed by atoms with van der Waals surface area (Å²) in [4.78, 5) is 23.5. The molecule has 160 valence electrons. The van der Waals surface area contributed by atoms with Gasteiger partial charge in [0.25, 0.3) is 5.91 Å². The van der Waals surface area contributed by atoms with Crippen molar-refractivity contribution in [2.75, 3.05) is 23.8 Å². The van der Waals surface area contributed by atoms with Crippen molar-refractivity contribution in [1.29, 1.82) is 0 Å². The lowest BCUT2D eigenvalue weighted by Gasteiger charge is -2.16. The minimum atomic E-state index is -4.71. The van der Waals surface area contributed by atoms with Gasteiger partial charge in [0.2, 0.25) is 5.91 Å². The van der Waals surface area contributed by atoms with Gasteiger partial charge in [-0.3, -0.25) is 9.59 Å². The highest BCUT2D eigenvalue weighted by atomic mass is 19.4. The van der Waals surface area contributed by atoms with Crippen molar-refractivity contribution in [3.05, 3.63) is 53.6 Å². The number of hydrogen-bond acceptors (Lipinski definition) is 4. The number of benzene rings is 2. The molecule has 2 aromatic carbocycles. The fraction of sp³-hybridized carbons (Fsp3) is 0.333. The molecular formula is C21H21F3N2O4. The standard InChI is InChI=1S/C21H21F3N2O4/c1-13(27)25-15-6-9-19(18(11-15)21(22,23)24)26-20(28)14-4-7-16(8-5-14)30-12-17-3-2-10-29-17/h4-9,11,17H,2-3,10,12H2,1H3,(H,25,27)(H,26,28). The maximum Gasteiger partial charge on any atom is 0.418 e. The lowest BCUT2D eigenvalue weighted by molar-refractivity contribution is -0.137. The van der Waals surface area contributed by atoms with Gasteiger partial charge in [0.1, 0.15) is 12.4 Å². The molecule has 0 saturated carbocycles. The van der Waals surface area contributed by atoms with Crippen LogP contribution in [0.4, 0.5) is 24.5 Å². The number of ether oxygens (including phenoxy) is 2. The SMILES string of the molecule is CC(=O)Nc1ccc(NC(=O)c2ccc(OCC3CCCO3)cc2)c(C(F)(F)F)c1. The van der Waals surface area contributed by atoms with Crippen LogP contribution in [0.3, 0.4) is 0 Å². The van der Waals surface area contributed by atoms with Crippen molar-refractivity contribution >= 4 is 23.2 Å². The van der Waals surface area contributed by atoms with E-state index in [0.29, 0.717) is 12.4 Å². The summed E-state index contributed by atoms with van der Waals surface area (Å²) in [6, 6.07) is 9.26. The van der Waals surface area contributed by atoms with Gasteiger partial charge in [-0.1, -0.05) is 0 Å². The van der Waals surface area contributed by atoms with Crippen LogP contribution in [0.1, 0.15) is 35.7 Å². The van der Waals surface area contributed by atoms with Crippen LogP contribution >= 0.6 is 0 Å². The van der Waals surface area contributed by atoms with Crippen molar-refractivity contribution < 1.29 is 32.2 Å². The number of halogens is 3. The Kier molecular flexibility index (Phi) is 6.61. The minimum absolute atomic E-state index is 0.0134. The molecule has 1 heterocycles. The zero-order valence-corrected chi connectivity index (χ0v) is 16.2. The van der Waals surface area contributed by atoms with Crippen molar-refractivity contribution in [1.82, 2.24) is 0 Å². The van der Waals surface area contributed by atoms with E-state index >= 15 is 0 Å². The van der Waals surface area contributed by atoms with E-state index in [1.54, 1.807) is 12.1 Å². The second-order valence-corrected chi connectivity index (χ2v) is 6.86. The van der Waals surface area contributed by atoms with Gasteiger partial charge in [0.05, 0.1) is 17.4 Å². The Morgan fingerprint density at radius 2 is 1.87 bits per heavy atom. The highest BCUT2D eigenvalue weighted by Crippen LogP contribution is 2.36. The topological polar surface area (TPSA) is 76.7 Å². The molecule has 0 aromatic heterocycles. The van der Waals surface area contributed by atoms with Crippen molar-refractivity contribution in [3.63, 3.8) is 0 Å². The first-order valence-electron chi connectivity index (χ1n) is 9.37. The Morgan fingerprint density at radius 3 is 2.47 bits per heavy atom. The van der Waals surface area contributed by atoms with Gasteiger partial charge in [-0.25, -0.2) is 0 Å². The summed E-state index contributed by atoms with van der Waals surface area (Å²) in [5.74, 6) is -0.655. The highest BCUT2D eigenvalue weighted by Gasteiger charge is 2.34. The summed E-state index contributed by atoms with van der Waals surface area (Å²) in [6.07, 6.45) is -2.73. The quantitative estimate of drug-likeness (QED) is 0.720. The van der Waals surface area contributed by atoms with Gasteiger partial charge in [0.15, 0.2) is 0 Å². The molecule has 0 spiro atoms. The summed E-state index contributed by atoms with van der Waals surface area (Å²) in [5.41, 5.74) is -1.29. The van der Waals surface area contributed by atoms with Gasteiger partial charge in [0, 0.05) is 24.8 Å². The molecule has 9 heteroatoms. The van der Waals surface area contributed by atoms with Crippen LogP contribution in [0.2, 0.25) is 0 Å². The van der Waals surface area contributed by atoms with Crippen LogP contribution in [-0.2, 0) is 15.7 Å². The van der Waals surface area contributed by atoms with Gasteiger partial charge in [-0.15, -0.1) is 0 Å². The number of amides is 2. The van der Waals surface area contributed by atoms with Gasteiger partial charge < -0.3 is 20.1 Å². The average Bonchev–Trinajstić information content (AvgIpc) is 3.20. The zero-order chi connectivity index (χ0) is 21.7. The molecule has 3 rings (SSSR count). The number of rotatable bonds is 6. The second-order valence-electron chi connectivity index (χ2n) is 6.86. The van der Waals surface area contributed by atoms with Gasteiger partial charge in [-0.2, -0.15) is 13.2 Å². The highest BCUT2D eigenvalue weighted by molar-refractivity contribution is 6.05. The van der Waals surface area contributed by atoms with E-state index in [9.17, 15) is 22.8 Å². The van der Waals surface area contributed by atoms with Gasteiger partial charge in [-0.05, 0) is 55.3 Å². The molecule has 1 aliphatic rings. The molecule has 1 fully saturated rings. The van der Waals surface area contributed by atoms with Crippen LogP contribution in [-0.4, -0.2) is 31.1 Å². The van der Waals surface area contributed by atoms with Crippen LogP contribution in [0, 0.1) is 0 Å². The average molecular weight is 422 g/mol. The fourth-order valence-corrected chi connectivity index (χ4v) is 3.03. The Balaban J connectivity index is 1.69. The molecule has 1 saturated heterocycles. The molecule has 30 heavy (non-hydrogen) atoms. The Hall–Kier alpha value is -3.07. The summed E-state index contributed by atoms with van der Waals surface area (Å²) in [6.45, 7) is 2.32. The maximum absolute atomic E-state index is 13.4. The third-order valence-electron chi connectivity index (χ3n) is 4.47. The molecule has 0 radical (unpaired) electrons. The number of carbonyl (C=O) groups excluding carboxylic acids is 2. The molecule has 2 N–H and O–H groups in total. The molecule has 1 unspecified atom stereocenters. The van der Waals surface area contributed by atoms with Crippen molar-refractivity contribution in [3.8, 4) is 5.75 Å². The molecule has 2 amide bonds. The Bertz CT molecular complexity index is 907. The first-order chi connectivity index (χ1) is 14.2. The monoisotopic (exact) mass is 422 g/mol. The second kappa shape index (κ2) is 9.17. The van der Waals surface area contributed by atoms with E-state index in [4.69, 9.17) is 9.47 Å². The van der Waals surface area contributed by atoms with Crippen LogP contribution < -0.4 is 15.4 Å². The normalized spacial score (nSPS) is 16.2. The van der Waals surface area contributed by atoms with E-state index in [0.717, 1.165) is 31.6 Å². The zero-order valence-electron chi connectivity index (χ0n) is 16.2. The van der Waals surface area contributed by atoms with Crippen molar-refractivity contribution in [2.45, 2.75) is 32.0 Å². The van der Waals surface area contributed by atoms with E-state index in [1.807, 2.05) is 0 Å². The molecule has 6 nitrogen and oxygen atoms in total. The fourth-order valence-electron chi connectivity index (χ4n) is 3.03. The molecular weight excluding hydrogens is 401 g/mol. The summed E-state index contributed by atoms with van der Waals surface area (Å²) in [7, 11) is 0. The predicted octanol–water partition coefficient (Wildman–Crippen LogP) is 4.47. The summed E-state index contributed by atoms with van der Waals surface area (Å²) in [5, 5.41) is 4.57. The van der Waals surface area contributed by atoms with Crippen LogP contribution in [0.5, 0.6) is 5.75 Å². The number of alkyl halides is 3. The number of anilines is 2. The van der Waals surface area contributed by atoms with Crippen molar-refractivity contribution in [2.24, 2.45) is 0 Å². The van der Waals surface area contributed by atoms with Crippen LogP contribution in [0.25, 0.3) is 0 Å². The maximum atomic E-state index is 13.4. The van der Waals surface area contributed by atoms with E-state index < -0.39 is 29.2 Å². The first kappa shape index (κ1) is 21.6. The third kappa shape index (κ3) is 5.73. The van der Waals surface area contributed by atoms with E-state index in [1.165, 1.54) is 25.1 Å². The molecule has 1 atom stereocenters. The van der Waals surface area contributed by atoms with E-state index in [2.05, 4.69) is 10.6 Å². The predicted molar refractivity (Wildman–Crippen MR) is 105 cm³/mol. The lowest BCUT2D eigenvalue weighted by Crippen LogP contribution is -2.18. The Labute approximate surface area is 171 Å². The third-order valence-corrected chi connectivity index (χ3v) is 4.47. The van der Waals surface area contributed by atoms with Gasteiger partial charge >= 0.3 is 6.18 Å². The largest absolute Gasteiger partial charge is 0.491 e. The smallest absolute Gasteiger partial charge is 0.418 e. The molecule has 2 aromatic rings. The Morgan fingerprint density at radius 1 is 1.13 bits per heavy atom. The van der Waals surface area contributed by atoms with E-state index in [-0.39, 0.29) is 17.4 Å². The number of hydrogen-bond donors (Lipinski definition) is 2. The lowest BCUT2D eigenvalue weighted by atomic mass is 10.1. The first-order valence-corrected chi connectivity index (χ1v) is 9.37. The molecule has 0 bridgehead atoms. The molecule has 0 aliphatic carbocycles. The molecule has 1 aliphatic heterocycles. The summed E-state index contributed by atoms with van der Waals surface area (Å²) < 4.78 is 51.3. The number of carbonyl (C=O) groups is 2.